The maximum absolute atomic E-state index is 13.8. The van der Waals surface area contributed by atoms with Crippen molar-refractivity contribution in [3.63, 3.8) is 0 Å². The highest BCUT2D eigenvalue weighted by Crippen LogP contribution is 2.40. The smallest absolute Gasteiger partial charge is 0.395 e. The van der Waals surface area contributed by atoms with Gasteiger partial charge in [-0.3, -0.25) is 19.0 Å². The predicted molar refractivity (Wildman–Crippen MR) is 151 cm³/mol. The van der Waals surface area contributed by atoms with Gasteiger partial charge in [-0.05, 0) is 73.2 Å². The topological polar surface area (TPSA) is 113 Å². The first-order valence-corrected chi connectivity index (χ1v) is 13.9. The molecule has 3 aromatic rings. The molecule has 2 atom stereocenters. The van der Waals surface area contributed by atoms with Crippen LogP contribution in [0, 0.1) is 5.92 Å². The molecule has 8 nitrogen and oxygen atoms in total. The van der Waals surface area contributed by atoms with Gasteiger partial charge in [0, 0.05) is 40.9 Å². The quantitative estimate of drug-likeness (QED) is 0.352. The Morgan fingerprint density at radius 3 is 2.50 bits per heavy atom. The molecule has 1 aliphatic carbocycles. The summed E-state index contributed by atoms with van der Waals surface area (Å²) in [6.45, 7) is -0.479. The van der Waals surface area contributed by atoms with E-state index in [0.717, 1.165) is 23.8 Å². The van der Waals surface area contributed by atoms with Crippen molar-refractivity contribution < 1.29 is 32.2 Å². The normalized spacial score (nSPS) is 17.5. The van der Waals surface area contributed by atoms with Gasteiger partial charge in [-0.15, -0.1) is 0 Å². The summed E-state index contributed by atoms with van der Waals surface area (Å²) in [4.78, 5) is 38.5. The fourth-order valence-electron chi connectivity index (χ4n) is 5.02. The first kappa shape index (κ1) is 29.7. The third-order valence-electron chi connectivity index (χ3n) is 7.65. The lowest BCUT2D eigenvalue weighted by Crippen LogP contribution is -2.35. The van der Waals surface area contributed by atoms with Crippen LogP contribution in [-0.4, -0.2) is 41.9 Å². The summed E-state index contributed by atoms with van der Waals surface area (Å²) in [5, 5.41) is 3.03. The number of primary amides is 1. The van der Waals surface area contributed by atoms with Gasteiger partial charge in [0.25, 0.3) is 5.56 Å². The Hall–Kier alpha value is -3.83. The Kier molecular flexibility index (Phi) is 8.60. The largest absolute Gasteiger partial charge is 0.491 e. The van der Waals surface area contributed by atoms with E-state index in [2.05, 4.69) is 5.32 Å². The number of nitrogens with one attached hydrogen (secondary N) is 1. The zero-order valence-corrected chi connectivity index (χ0v) is 23.2. The van der Waals surface area contributed by atoms with Crippen molar-refractivity contribution in [1.82, 2.24) is 4.57 Å². The number of pyridine rings is 1. The number of aromatic nitrogens is 1. The summed E-state index contributed by atoms with van der Waals surface area (Å²) in [5.74, 6) is -2.94. The van der Waals surface area contributed by atoms with Crippen LogP contribution in [0.25, 0.3) is 11.1 Å². The summed E-state index contributed by atoms with van der Waals surface area (Å²) in [5.41, 5.74) is 6.39. The molecule has 3 N–H and O–H groups in total. The molecule has 1 saturated carbocycles. The number of halogens is 4. The molecule has 2 unspecified atom stereocenters. The summed E-state index contributed by atoms with van der Waals surface area (Å²) >= 11 is 6.19. The zero-order chi connectivity index (χ0) is 30.0. The van der Waals surface area contributed by atoms with Crippen LogP contribution in [0.3, 0.4) is 0 Å². The number of amides is 2. The van der Waals surface area contributed by atoms with Crippen LogP contribution in [0.2, 0.25) is 5.02 Å². The molecule has 1 aromatic heterocycles. The van der Waals surface area contributed by atoms with Crippen LogP contribution in [0.15, 0.2) is 59.5 Å². The molecule has 1 aliphatic heterocycles. The fourth-order valence-corrected chi connectivity index (χ4v) is 5.20. The van der Waals surface area contributed by atoms with Crippen LogP contribution in [0.4, 0.5) is 18.9 Å². The third-order valence-corrected chi connectivity index (χ3v) is 7.88. The van der Waals surface area contributed by atoms with E-state index >= 15 is 0 Å². The summed E-state index contributed by atoms with van der Waals surface area (Å²) < 4.78 is 54.2. The number of hydrogen-bond donors (Lipinski definition) is 2. The number of alkyl halides is 3. The van der Waals surface area contributed by atoms with Crippen LogP contribution in [-0.2, 0) is 16.0 Å². The van der Waals surface area contributed by atoms with Gasteiger partial charge >= 0.3 is 6.18 Å². The van der Waals surface area contributed by atoms with Crippen molar-refractivity contribution in [2.45, 2.75) is 50.4 Å². The van der Waals surface area contributed by atoms with Gasteiger partial charge in [0.15, 0.2) is 0 Å². The number of carbonyl (C=O) groups is 2. The minimum atomic E-state index is -4.52. The van der Waals surface area contributed by atoms with Gasteiger partial charge in [0.2, 0.25) is 11.8 Å². The lowest BCUT2D eigenvalue weighted by atomic mass is 9.91. The molecule has 0 radical (unpaired) electrons. The highest BCUT2D eigenvalue weighted by atomic mass is 35.5. The van der Waals surface area contributed by atoms with Gasteiger partial charge < -0.3 is 20.5 Å². The zero-order valence-electron chi connectivity index (χ0n) is 22.5. The average Bonchev–Trinajstić information content (AvgIpc) is 2.90. The molecule has 0 saturated heterocycles. The summed E-state index contributed by atoms with van der Waals surface area (Å²) in [6, 6.07) is 10.6. The predicted octanol–water partition coefficient (Wildman–Crippen LogP) is 5.52. The second-order valence-corrected chi connectivity index (χ2v) is 10.9. The number of fused-ring (bicyclic) bond motifs is 3. The first-order valence-electron chi connectivity index (χ1n) is 13.6. The fraction of sp³-hybridized carbons (Fsp3) is 0.367. The van der Waals surface area contributed by atoms with Crippen LogP contribution in [0.5, 0.6) is 5.75 Å². The Labute approximate surface area is 244 Å². The Balaban J connectivity index is 1.51. The van der Waals surface area contributed by atoms with Crippen LogP contribution < -0.4 is 21.3 Å². The highest BCUT2D eigenvalue weighted by Gasteiger charge is 2.41. The number of anilines is 1. The Morgan fingerprint density at radius 2 is 1.86 bits per heavy atom. The van der Waals surface area contributed by atoms with Gasteiger partial charge in [0.05, 0.1) is 18.2 Å². The number of rotatable bonds is 8. The van der Waals surface area contributed by atoms with Crippen LogP contribution >= 0.6 is 11.6 Å². The number of ether oxygens (including phenoxy) is 2. The number of hydrogen-bond acceptors (Lipinski definition) is 5. The van der Waals surface area contributed by atoms with E-state index in [4.69, 9.17) is 26.8 Å². The van der Waals surface area contributed by atoms with E-state index in [-0.39, 0.29) is 36.9 Å². The molecule has 5 rings (SSSR count). The number of carbonyl (C=O) groups excluding carboxylic acids is 2. The first-order chi connectivity index (χ1) is 20.0. The number of nitrogens with zero attached hydrogens (tertiary/aromatic N) is 1. The number of benzene rings is 2. The van der Waals surface area contributed by atoms with Gasteiger partial charge in [0.1, 0.15) is 18.4 Å². The molecule has 42 heavy (non-hydrogen) atoms. The molecule has 12 heteroatoms. The molecule has 222 valence electrons. The lowest BCUT2D eigenvalue weighted by molar-refractivity contribution is -0.181. The Morgan fingerprint density at radius 1 is 1.12 bits per heavy atom. The van der Waals surface area contributed by atoms with E-state index < -0.39 is 42.1 Å². The average molecular weight is 604 g/mol. The maximum Gasteiger partial charge on any atom is 0.395 e. The van der Waals surface area contributed by atoms with E-state index in [0.29, 0.717) is 27.4 Å². The molecular weight excluding hydrogens is 575 g/mol. The van der Waals surface area contributed by atoms with Crippen molar-refractivity contribution >= 4 is 29.1 Å². The molecule has 2 heterocycles. The van der Waals surface area contributed by atoms with Gasteiger partial charge in [-0.25, -0.2) is 0 Å². The van der Waals surface area contributed by atoms with E-state index in [1.54, 1.807) is 0 Å². The summed E-state index contributed by atoms with van der Waals surface area (Å²) in [6.07, 6.45) is -0.478. The van der Waals surface area contributed by atoms with E-state index in [1.807, 2.05) is 0 Å². The standard InChI is InChI=1S/C30H29ClF3N3O5/c31-20-7-4-18-12-19(30(32,33)34)16-42-26-15-37(27(38)14-24(26)23(18)13-20)25(10-11-41-22-2-1-3-22)29(40)36-21-8-5-17(6-9-21)28(35)39/h4-9,13-15,19,22,25H,1-3,10-12,16H2,(H2,35,39)(H,36,40). The van der Waals surface area contributed by atoms with Crippen molar-refractivity contribution in [2.75, 3.05) is 18.5 Å². The third kappa shape index (κ3) is 6.63. The summed E-state index contributed by atoms with van der Waals surface area (Å²) in [7, 11) is 0. The van der Waals surface area contributed by atoms with Crippen molar-refractivity contribution in [1.29, 1.82) is 0 Å². The second-order valence-electron chi connectivity index (χ2n) is 10.5. The minimum absolute atomic E-state index is 0.0237. The van der Waals surface area contributed by atoms with Crippen molar-refractivity contribution in [3.05, 3.63) is 81.2 Å². The molecule has 2 aromatic carbocycles. The number of nitrogens with two attached hydrogens (primary N) is 1. The molecule has 2 amide bonds. The van der Waals surface area contributed by atoms with Crippen molar-refractivity contribution in [2.24, 2.45) is 11.7 Å². The van der Waals surface area contributed by atoms with E-state index in [9.17, 15) is 27.6 Å². The monoisotopic (exact) mass is 603 g/mol. The SMILES string of the molecule is NC(=O)c1ccc(NC(=O)C(CCOC2CCC2)n2cc3c(cc2=O)-c2cc(Cl)ccc2CC(C(F)(F)F)CO3)cc1. The van der Waals surface area contributed by atoms with Gasteiger partial charge in [-0.2, -0.15) is 13.2 Å². The highest BCUT2D eigenvalue weighted by molar-refractivity contribution is 6.30. The Bertz CT molecular complexity index is 1540. The second kappa shape index (κ2) is 12.2. The van der Waals surface area contributed by atoms with E-state index in [1.165, 1.54) is 54.7 Å². The lowest BCUT2D eigenvalue weighted by Gasteiger charge is -2.28. The van der Waals surface area contributed by atoms with Crippen LogP contribution in [0.1, 0.15) is 47.6 Å². The molecule has 1 fully saturated rings. The van der Waals surface area contributed by atoms with Gasteiger partial charge in [-0.1, -0.05) is 17.7 Å². The molecule has 2 aliphatic rings. The maximum atomic E-state index is 13.8. The molecule has 0 spiro atoms. The molecule has 0 bridgehead atoms. The van der Waals surface area contributed by atoms with Crippen molar-refractivity contribution in [3.8, 4) is 16.9 Å². The molecular formula is C30H29ClF3N3O5. The minimum Gasteiger partial charge on any atom is -0.491 e.